The van der Waals surface area contributed by atoms with E-state index in [0.29, 0.717) is 31.9 Å². The average Bonchev–Trinajstić information content (AvgIpc) is 2.70. The van der Waals surface area contributed by atoms with Crippen molar-refractivity contribution in [3.8, 4) is 0 Å². The fourth-order valence-corrected chi connectivity index (χ4v) is 3.18. The van der Waals surface area contributed by atoms with Crippen molar-refractivity contribution < 1.29 is 22.8 Å². The van der Waals surface area contributed by atoms with Crippen molar-refractivity contribution in [3.05, 3.63) is 60.2 Å². The summed E-state index contributed by atoms with van der Waals surface area (Å²) >= 11 is 0. The molecule has 0 radical (unpaired) electrons. The van der Waals surface area contributed by atoms with E-state index in [1.165, 1.54) is 12.1 Å². The minimum Gasteiger partial charge on any atom is -0.325 e. The quantitative estimate of drug-likeness (QED) is 0.755. The van der Waals surface area contributed by atoms with Gasteiger partial charge in [0, 0.05) is 37.6 Å². The first kappa shape index (κ1) is 21.8. The maximum Gasteiger partial charge on any atom is 0.416 e. The number of amides is 2. The molecule has 1 saturated heterocycles. The number of rotatable bonds is 6. The minimum absolute atomic E-state index is 0.0882. The molecule has 2 amide bonds. The van der Waals surface area contributed by atoms with Gasteiger partial charge >= 0.3 is 6.18 Å². The molecule has 160 valence electrons. The van der Waals surface area contributed by atoms with E-state index in [2.05, 4.69) is 10.6 Å². The van der Waals surface area contributed by atoms with Crippen molar-refractivity contribution in [2.75, 3.05) is 49.9 Å². The fourth-order valence-electron chi connectivity index (χ4n) is 3.18. The highest BCUT2D eigenvalue weighted by molar-refractivity contribution is 5.92. The molecule has 0 aliphatic carbocycles. The molecule has 6 nitrogen and oxygen atoms in total. The van der Waals surface area contributed by atoms with Crippen LogP contribution in [0, 0.1) is 0 Å². The topological polar surface area (TPSA) is 64.7 Å². The number of benzene rings is 2. The summed E-state index contributed by atoms with van der Waals surface area (Å²) in [6.07, 6.45) is -4.40. The Bertz CT molecular complexity index is 849. The summed E-state index contributed by atoms with van der Waals surface area (Å²) in [5.74, 6) is -0.375. The van der Waals surface area contributed by atoms with Crippen LogP contribution >= 0.6 is 0 Å². The van der Waals surface area contributed by atoms with E-state index in [9.17, 15) is 22.8 Å². The molecule has 9 heteroatoms. The van der Waals surface area contributed by atoms with Crippen LogP contribution in [-0.4, -0.2) is 60.9 Å². The molecule has 1 aliphatic rings. The van der Waals surface area contributed by atoms with Crippen LogP contribution in [0.25, 0.3) is 0 Å². The van der Waals surface area contributed by atoms with Crippen molar-refractivity contribution in [1.82, 2.24) is 9.80 Å². The van der Waals surface area contributed by atoms with Crippen molar-refractivity contribution in [2.45, 2.75) is 6.18 Å². The molecule has 1 fully saturated rings. The predicted octanol–water partition coefficient (Wildman–Crippen LogP) is 2.90. The van der Waals surface area contributed by atoms with Gasteiger partial charge in [0.25, 0.3) is 0 Å². The van der Waals surface area contributed by atoms with Gasteiger partial charge < -0.3 is 10.6 Å². The molecule has 3 rings (SSSR count). The SMILES string of the molecule is O=C(CN1CCN(CC(=O)Nc2ccc(C(F)(F)F)cc2)CC1)Nc1ccccc1. The molecule has 30 heavy (non-hydrogen) atoms. The zero-order valence-electron chi connectivity index (χ0n) is 16.3. The van der Waals surface area contributed by atoms with Crippen molar-refractivity contribution >= 4 is 23.2 Å². The molecular weight excluding hydrogens is 397 g/mol. The number of halogens is 3. The van der Waals surface area contributed by atoms with Crippen LogP contribution in [0.15, 0.2) is 54.6 Å². The van der Waals surface area contributed by atoms with Gasteiger partial charge in [0.1, 0.15) is 0 Å². The minimum atomic E-state index is -4.40. The molecule has 0 aromatic heterocycles. The Morgan fingerprint density at radius 3 is 1.60 bits per heavy atom. The zero-order chi connectivity index (χ0) is 21.6. The largest absolute Gasteiger partial charge is 0.416 e. The molecule has 0 saturated carbocycles. The molecule has 2 aromatic rings. The molecular formula is C21H23F3N4O2. The smallest absolute Gasteiger partial charge is 0.325 e. The number of nitrogens with zero attached hydrogens (tertiary/aromatic N) is 2. The van der Waals surface area contributed by atoms with Gasteiger partial charge in [-0.1, -0.05) is 18.2 Å². The van der Waals surface area contributed by atoms with E-state index >= 15 is 0 Å². The van der Waals surface area contributed by atoms with Gasteiger partial charge in [0.05, 0.1) is 18.7 Å². The highest BCUT2D eigenvalue weighted by Crippen LogP contribution is 2.29. The van der Waals surface area contributed by atoms with E-state index in [0.717, 1.165) is 17.8 Å². The Hall–Kier alpha value is -2.91. The van der Waals surface area contributed by atoms with E-state index in [1.54, 1.807) is 0 Å². The van der Waals surface area contributed by atoms with E-state index < -0.39 is 11.7 Å². The lowest BCUT2D eigenvalue weighted by molar-refractivity contribution is -0.137. The van der Waals surface area contributed by atoms with E-state index in [4.69, 9.17) is 0 Å². The molecule has 0 spiro atoms. The lowest BCUT2D eigenvalue weighted by Crippen LogP contribution is -2.50. The maximum atomic E-state index is 12.6. The van der Waals surface area contributed by atoms with Crippen LogP contribution in [0.5, 0.6) is 0 Å². The summed E-state index contributed by atoms with van der Waals surface area (Å²) in [6, 6.07) is 13.6. The first-order valence-corrected chi connectivity index (χ1v) is 9.56. The number of anilines is 2. The third kappa shape index (κ3) is 6.57. The maximum absolute atomic E-state index is 12.6. The Morgan fingerprint density at radius 2 is 1.17 bits per heavy atom. The van der Waals surface area contributed by atoms with Gasteiger partial charge in [-0.15, -0.1) is 0 Å². The lowest BCUT2D eigenvalue weighted by Gasteiger charge is -2.33. The standard InChI is InChI=1S/C21H23F3N4O2/c22-21(23,24)16-6-8-18(9-7-16)26-20(30)15-28-12-10-27(11-13-28)14-19(29)25-17-4-2-1-3-5-17/h1-9H,10-15H2,(H,25,29)(H,26,30). The Labute approximate surface area is 172 Å². The summed E-state index contributed by atoms with van der Waals surface area (Å²) in [7, 11) is 0. The second kappa shape index (κ2) is 9.73. The molecule has 0 bridgehead atoms. The first-order chi connectivity index (χ1) is 14.3. The normalized spacial score (nSPS) is 15.6. The number of carbonyl (C=O) groups is 2. The molecule has 0 unspecified atom stereocenters. The average molecular weight is 420 g/mol. The Balaban J connectivity index is 1.39. The number of para-hydroxylation sites is 1. The van der Waals surface area contributed by atoms with Gasteiger partial charge in [-0.3, -0.25) is 19.4 Å². The van der Waals surface area contributed by atoms with Crippen LogP contribution in [0.1, 0.15) is 5.56 Å². The third-order valence-corrected chi connectivity index (χ3v) is 4.75. The molecule has 1 heterocycles. The van der Waals surface area contributed by atoms with Crippen molar-refractivity contribution in [2.24, 2.45) is 0 Å². The number of alkyl halides is 3. The van der Waals surface area contributed by atoms with Gasteiger partial charge in [-0.2, -0.15) is 13.2 Å². The number of hydrogen-bond acceptors (Lipinski definition) is 4. The second-order valence-electron chi connectivity index (χ2n) is 7.09. The number of piperazine rings is 1. The van der Waals surface area contributed by atoms with Crippen LogP contribution in [0.4, 0.5) is 24.5 Å². The highest BCUT2D eigenvalue weighted by Gasteiger charge is 2.30. The summed E-state index contributed by atoms with van der Waals surface area (Å²) in [6.45, 7) is 2.97. The summed E-state index contributed by atoms with van der Waals surface area (Å²) in [5.41, 5.74) is 0.318. The van der Waals surface area contributed by atoms with Gasteiger partial charge in [0.15, 0.2) is 0 Å². The molecule has 0 atom stereocenters. The third-order valence-electron chi connectivity index (χ3n) is 4.75. The zero-order valence-corrected chi connectivity index (χ0v) is 16.3. The Morgan fingerprint density at radius 1 is 0.733 bits per heavy atom. The van der Waals surface area contributed by atoms with Crippen LogP contribution in [-0.2, 0) is 15.8 Å². The summed E-state index contributed by atoms with van der Waals surface area (Å²) in [5, 5.41) is 5.46. The van der Waals surface area contributed by atoms with Crippen molar-refractivity contribution in [1.29, 1.82) is 0 Å². The molecule has 2 aromatic carbocycles. The number of carbonyl (C=O) groups excluding carboxylic acids is 2. The number of nitrogens with one attached hydrogen (secondary N) is 2. The van der Waals surface area contributed by atoms with Crippen LogP contribution in [0.2, 0.25) is 0 Å². The first-order valence-electron chi connectivity index (χ1n) is 9.56. The van der Waals surface area contributed by atoms with Gasteiger partial charge in [-0.25, -0.2) is 0 Å². The van der Waals surface area contributed by atoms with Crippen molar-refractivity contribution in [3.63, 3.8) is 0 Å². The number of hydrogen-bond donors (Lipinski definition) is 2. The van der Waals surface area contributed by atoms with E-state index in [-0.39, 0.29) is 24.9 Å². The molecule has 1 aliphatic heterocycles. The van der Waals surface area contributed by atoms with E-state index in [1.807, 2.05) is 40.1 Å². The summed E-state index contributed by atoms with van der Waals surface area (Å²) < 4.78 is 37.8. The predicted molar refractivity (Wildman–Crippen MR) is 108 cm³/mol. The molecule has 2 N–H and O–H groups in total. The monoisotopic (exact) mass is 420 g/mol. The fraction of sp³-hybridized carbons (Fsp3) is 0.333. The lowest BCUT2D eigenvalue weighted by atomic mass is 10.2. The Kier molecular flexibility index (Phi) is 7.07. The van der Waals surface area contributed by atoms with Crippen LogP contribution < -0.4 is 10.6 Å². The van der Waals surface area contributed by atoms with Crippen LogP contribution in [0.3, 0.4) is 0 Å². The van der Waals surface area contributed by atoms with Gasteiger partial charge in [0.2, 0.25) is 11.8 Å². The highest BCUT2D eigenvalue weighted by atomic mass is 19.4. The summed E-state index contributed by atoms with van der Waals surface area (Å²) in [4.78, 5) is 28.3. The van der Waals surface area contributed by atoms with Gasteiger partial charge in [-0.05, 0) is 36.4 Å². The second-order valence-corrected chi connectivity index (χ2v) is 7.09.